The summed E-state index contributed by atoms with van der Waals surface area (Å²) in [6.07, 6.45) is 2.17. The van der Waals surface area contributed by atoms with Gasteiger partial charge in [-0.05, 0) is 36.2 Å². The van der Waals surface area contributed by atoms with Crippen molar-refractivity contribution in [3.63, 3.8) is 0 Å². The van der Waals surface area contributed by atoms with Crippen LogP contribution in [0.15, 0.2) is 72.9 Å². The fourth-order valence-electron chi connectivity index (χ4n) is 2.49. The number of carbonyl (C=O) groups excluding carboxylic acids is 1. The fourth-order valence-corrected chi connectivity index (χ4v) is 2.62. The van der Waals surface area contributed by atoms with Gasteiger partial charge in [-0.25, -0.2) is 0 Å². The van der Waals surface area contributed by atoms with Crippen LogP contribution in [0.2, 0.25) is 5.02 Å². The second-order valence-electron chi connectivity index (χ2n) is 5.26. The van der Waals surface area contributed by atoms with Gasteiger partial charge in [-0.1, -0.05) is 54.1 Å². The molecule has 0 saturated carbocycles. The normalized spacial score (nSPS) is 11.9. The summed E-state index contributed by atoms with van der Waals surface area (Å²) in [6, 6.07) is 20.5. The third-order valence-corrected chi connectivity index (χ3v) is 3.93. The lowest BCUT2D eigenvalue weighted by atomic mass is 9.88. The number of ketones is 1. The minimum atomic E-state index is -0.368. The van der Waals surface area contributed by atoms with Gasteiger partial charge >= 0.3 is 0 Å². The molecule has 0 N–H and O–H groups in total. The van der Waals surface area contributed by atoms with Crippen molar-refractivity contribution >= 4 is 17.4 Å². The lowest BCUT2D eigenvalue weighted by Gasteiger charge is -2.15. The average molecular weight is 323 g/mol. The van der Waals surface area contributed by atoms with Crippen molar-refractivity contribution in [3.05, 3.63) is 94.8 Å². The Morgan fingerprint density at radius 2 is 1.70 bits per heavy atom. The van der Waals surface area contributed by atoms with Crippen LogP contribution in [0, 0.1) is 0 Å². The molecule has 114 valence electrons. The van der Waals surface area contributed by atoms with Gasteiger partial charge in [-0.3, -0.25) is 4.79 Å². The highest BCUT2D eigenvalue weighted by molar-refractivity contribution is 6.30. The molecule has 1 unspecified atom stereocenters. The van der Waals surface area contributed by atoms with Gasteiger partial charge < -0.3 is 0 Å². The second-order valence-corrected chi connectivity index (χ2v) is 5.70. The number of halogens is 1. The van der Waals surface area contributed by atoms with Gasteiger partial charge in [0.05, 0.1) is 11.6 Å². The van der Waals surface area contributed by atoms with Crippen LogP contribution in [0.1, 0.15) is 27.5 Å². The first-order valence-electron chi connectivity index (χ1n) is 7.35. The zero-order valence-corrected chi connectivity index (χ0v) is 13.1. The maximum absolute atomic E-state index is 12.9. The number of benzene rings is 2. The molecular formula is C19H15ClN2O. The maximum Gasteiger partial charge on any atom is 0.172 e. The molecule has 1 atom stereocenters. The molecule has 3 aromatic rings. The van der Waals surface area contributed by atoms with E-state index < -0.39 is 0 Å². The molecule has 0 radical (unpaired) electrons. The summed E-state index contributed by atoms with van der Waals surface area (Å²) in [7, 11) is 0. The Labute approximate surface area is 140 Å². The predicted molar refractivity (Wildman–Crippen MR) is 90.7 cm³/mol. The summed E-state index contributed by atoms with van der Waals surface area (Å²) in [4.78, 5) is 12.9. The molecule has 0 saturated heterocycles. The van der Waals surface area contributed by atoms with Crippen LogP contribution >= 0.6 is 11.6 Å². The molecule has 2 aromatic carbocycles. The van der Waals surface area contributed by atoms with E-state index in [0.717, 1.165) is 5.56 Å². The standard InChI is InChI=1S/C19H15ClN2O/c20-16-10-8-14(9-11-16)13-17(18-7-4-12-21-22-18)19(23)15-5-2-1-3-6-15/h1-12,17H,13H2. The quantitative estimate of drug-likeness (QED) is 0.656. The minimum Gasteiger partial charge on any atom is -0.293 e. The maximum atomic E-state index is 12.9. The number of hydrogen-bond donors (Lipinski definition) is 0. The first kappa shape index (κ1) is 15.4. The van der Waals surface area contributed by atoms with E-state index in [9.17, 15) is 4.79 Å². The Bertz CT molecular complexity index is 773. The number of aromatic nitrogens is 2. The van der Waals surface area contributed by atoms with Crippen molar-refractivity contribution in [2.45, 2.75) is 12.3 Å². The van der Waals surface area contributed by atoms with Gasteiger partial charge in [0.15, 0.2) is 5.78 Å². The Hall–Kier alpha value is -2.52. The molecular weight excluding hydrogens is 308 g/mol. The van der Waals surface area contributed by atoms with Crippen LogP contribution < -0.4 is 0 Å². The molecule has 0 aliphatic rings. The molecule has 3 rings (SSSR count). The summed E-state index contributed by atoms with van der Waals surface area (Å²) in [5, 5.41) is 8.74. The summed E-state index contributed by atoms with van der Waals surface area (Å²) in [6.45, 7) is 0. The smallest absolute Gasteiger partial charge is 0.172 e. The van der Waals surface area contributed by atoms with Crippen molar-refractivity contribution in [1.82, 2.24) is 10.2 Å². The topological polar surface area (TPSA) is 42.9 Å². The molecule has 0 amide bonds. The predicted octanol–water partition coefficient (Wildman–Crippen LogP) is 4.34. The molecule has 0 bridgehead atoms. The molecule has 1 aromatic heterocycles. The minimum absolute atomic E-state index is 0.0426. The second kappa shape index (κ2) is 7.16. The zero-order chi connectivity index (χ0) is 16.1. The van der Waals surface area contributed by atoms with Crippen molar-refractivity contribution in [2.75, 3.05) is 0 Å². The summed E-state index contributed by atoms with van der Waals surface area (Å²) in [5.41, 5.74) is 2.39. The lowest BCUT2D eigenvalue weighted by molar-refractivity contribution is 0.0956. The largest absolute Gasteiger partial charge is 0.293 e. The third kappa shape index (κ3) is 3.82. The van der Waals surface area contributed by atoms with E-state index in [4.69, 9.17) is 11.6 Å². The molecule has 1 heterocycles. The lowest BCUT2D eigenvalue weighted by Crippen LogP contribution is -2.17. The SMILES string of the molecule is O=C(c1ccccc1)C(Cc1ccc(Cl)cc1)c1cccnn1. The first-order valence-corrected chi connectivity index (χ1v) is 7.73. The molecule has 3 nitrogen and oxygen atoms in total. The fraction of sp³-hybridized carbons (Fsp3) is 0.105. The molecule has 0 spiro atoms. The Balaban J connectivity index is 1.94. The van der Waals surface area contributed by atoms with E-state index in [-0.39, 0.29) is 11.7 Å². The number of Topliss-reactive ketones (excluding diaryl/α,β-unsaturated/α-hetero) is 1. The van der Waals surface area contributed by atoms with E-state index in [0.29, 0.717) is 22.7 Å². The number of nitrogens with zero attached hydrogens (tertiary/aromatic N) is 2. The summed E-state index contributed by atoms with van der Waals surface area (Å²) in [5.74, 6) is -0.326. The molecule has 4 heteroatoms. The van der Waals surface area contributed by atoms with E-state index >= 15 is 0 Å². The van der Waals surface area contributed by atoms with Crippen LogP contribution in [0.3, 0.4) is 0 Å². The Morgan fingerprint density at radius 3 is 2.35 bits per heavy atom. The van der Waals surface area contributed by atoms with E-state index in [1.807, 2.05) is 60.7 Å². The average Bonchev–Trinajstić information content (AvgIpc) is 2.62. The summed E-state index contributed by atoms with van der Waals surface area (Å²) < 4.78 is 0. The van der Waals surface area contributed by atoms with Crippen molar-refractivity contribution < 1.29 is 4.79 Å². The van der Waals surface area contributed by atoms with Crippen LogP contribution in [0.25, 0.3) is 0 Å². The molecule has 0 fully saturated rings. The highest BCUT2D eigenvalue weighted by Crippen LogP contribution is 2.24. The van der Waals surface area contributed by atoms with Gasteiger partial charge in [-0.15, -0.1) is 0 Å². The van der Waals surface area contributed by atoms with Crippen molar-refractivity contribution in [1.29, 1.82) is 0 Å². The highest BCUT2D eigenvalue weighted by atomic mass is 35.5. The highest BCUT2D eigenvalue weighted by Gasteiger charge is 2.24. The Kier molecular flexibility index (Phi) is 4.79. The zero-order valence-electron chi connectivity index (χ0n) is 12.4. The van der Waals surface area contributed by atoms with Crippen molar-refractivity contribution in [2.24, 2.45) is 0 Å². The number of hydrogen-bond acceptors (Lipinski definition) is 3. The van der Waals surface area contributed by atoms with Gasteiger partial charge in [-0.2, -0.15) is 10.2 Å². The van der Waals surface area contributed by atoms with Gasteiger partial charge in [0, 0.05) is 16.8 Å². The van der Waals surface area contributed by atoms with Crippen LogP contribution in [0.5, 0.6) is 0 Å². The molecule has 0 aliphatic carbocycles. The van der Waals surface area contributed by atoms with E-state index in [1.165, 1.54) is 0 Å². The first-order chi connectivity index (χ1) is 11.2. The van der Waals surface area contributed by atoms with Crippen LogP contribution in [0.4, 0.5) is 0 Å². The third-order valence-electron chi connectivity index (χ3n) is 3.68. The van der Waals surface area contributed by atoms with Gasteiger partial charge in [0.1, 0.15) is 0 Å². The van der Waals surface area contributed by atoms with Crippen molar-refractivity contribution in [3.8, 4) is 0 Å². The molecule has 23 heavy (non-hydrogen) atoms. The molecule has 0 aliphatic heterocycles. The van der Waals surface area contributed by atoms with E-state index in [2.05, 4.69) is 10.2 Å². The number of carbonyl (C=O) groups is 1. The van der Waals surface area contributed by atoms with E-state index in [1.54, 1.807) is 12.3 Å². The monoisotopic (exact) mass is 322 g/mol. The number of rotatable bonds is 5. The summed E-state index contributed by atoms with van der Waals surface area (Å²) >= 11 is 5.93. The van der Waals surface area contributed by atoms with Crippen LogP contribution in [-0.2, 0) is 6.42 Å². The van der Waals surface area contributed by atoms with Gasteiger partial charge in [0.2, 0.25) is 0 Å². The van der Waals surface area contributed by atoms with Crippen LogP contribution in [-0.4, -0.2) is 16.0 Å². The van der Waals surface area contributed by atoms with Gasteiger partial charge in [0.25, 0.3) is 0 Å². The Morgan fingerprint density at radius 1 is 0.957 bits per heavy atom.